The molecule has 0 amide bonds. The standard InChI is InChI=1S/2C19H22O2/c2*1-2-6-18(20)12-9-16-10-13-19(14-11-16)21-15-17-7-4-3-5-8-17/h2*2-5,7-8,10-11,13-14,18,20H,1,6,9,12,15H2/t2*18-/m10/s1. The highest BCUT2D eigenvalue weighted by Crippen LogP contribution is 2.17. The van der Waals surface area contributed by atoms with Gasteiger partial charge in [-0.2, -0.15) is 0 Å². The van der Waals surface area contributed by atoms with Crippen LogP contribution in [-0.4, -0.2) is 22.4 Å². The lowest BCUT2D eigenvalue weighted by Crippen LogP contribution is -2.06. The fourth-order valence-corrected chi connectivity index (χ4v) is 4.27. The summed E-state index contributed by atoms with van der Waals surface area (Å²) in [6.45, 7) is 8.44. The van der Waals surface area contributed by atoms with Gasteiger partial charge >= 0.3 is 0 Å². The van der Waals surface area contributed by atoms with Gasteiger partial charge in [0.05, 0.1) is 12.2 Å². The number of hydrogen-bond acceptors (Lipinski definition) is 4. The molecule has 0 spiro atoms. The van der Waals surface area contributed by atoms with E-state index in [1.54, 1.807) is 12.2 Å². The summed E-state index contributed by atoms with van der Waals surface area (Å²) in [6.07, 6.45) is 7.48. The molecule has 220 valence electrons. The Morgan fingerprint density at radius 2 is 0.857 bits per heavy atom. The Labute approximate surface area is 251 Å². The zero-order chi connectivity index (χ0) is 29.8. The van der Waals surface area contributed by atoms with Gasteiger partial charge in [-0.1, -0.05) is 97.1 Å². The van der Waals surface area contributed by atoms with Crippen LogP contribution >= 0.6 is 0 Å². The van der Waals surface area contributed by atoms with Crippen molar-refractivity contribution in [2.24, 2.45) is 0 Å². The molecule has 0 unspecified atom stereocenters. The van der Waals surface area contributed by atoms with Crippen molar-refractivity contribution in [3.8, 4) is 11.5 Å². The number of ether oxygens (including phenoxy) is 2. The van der Waals surface area contributed by atoms with E-state index in [1.807, 2.05) is 60.7 Å². The maximum atomic E-state index is 9.68. The van der Waals surface area contributed by atoms with Gasteiger partial charge in [0.25, 0.3) is 0 Å². The van der Waals surface area contributed by atoms with Crippen molar-refractivity contribution in [2.75, 3.05) is 0 Å². The Bertz CT molecular complexity index is 1170. The average Bonchev–Trinajstić information content (AvgIpc) is 3.03. The van der Waals surface area contributed by atoms with E-state index in [0.717, 1.165) is 48.3 Å². The zero-order valence-corrected chi connectivity index (χ0v) is 24.5. The van der Waals surface area contributed by atoms with Crippen molar-refractivity contribution in [3.05, 3.63) is 157 Å². The molecule has 0 fully saturated rings. The number of aryl methyl sites for hydroxylation is 2. The molecule has 0 aromatic heterocycles. The number of aliphatic hydroxyl groups is 2. The van der Waals surface area contributed by atoms with E-state index in [4.69, 9.17) is 9.47 Å². The van der Waals surface area contributed by atoms with Crippen molar-refractivity contribution < 1.29 is 19.7 Å². The van der Waals surface area contributed by atoms with Crippen LogP contribution in [0.15, 0.2) is 135 Å². The highest BCUT2D eigenvalue weighted by molar-refractivity contribution is 5.29. The third-order valence-corrected chi connectivity index (χ3v) is 6.75. The average molecular weight is 565 g/mol. The summed E-state index contributed by atoms with van der Waals surface area (Å²) in [5.74, 6) is 1.74. The van der Waals surface area contributed by atoms with Gasteiger partial charge < -0.3 is 19.7 Å². The summed E-state index contributed by atoms with van der Waals surface area (Å²) in [7, 11) is 0. The molecule has 42 heavy (non-hydrogen) atoms. The van der Waals surface area contributed by atoms with Gasteiger partial charge in [-0.05, 0) is 85.0 Å². The van der Waals surface area contributed by atoms with Crippen LogP contribution in [0.2, 0.25) is 0 Å². The topological polar surface area (TPSA) is 58.9 Å². The highest BCUT2D eigenvalue weighted by Gasteiger charge is 2.04. The third-order valence-electron chi connectivity index (χ3n) is 6.75. The first kappa shape index (κ1) is 32.4. The summed E-state index contributed by atoms with van der Waals surface area (Å²) in [5.41, 5.74) is 4.75. The molecule has 0 aliphatic carbocycles. The van der Waals surface area contributed by atoms with Crippen molar-refractivity contribution in [1.29, 1.82) is 0 Å². The maximum Gasteiger partial charge on any atom is 0.119 e. The smallest absolute Gasteiger partial charge is 0.119 e. The van der Waals surface area contributed by atoms with Crippen LogP contribution in [-0.2, 0) is 26.1 Å². The molecule has 4 aromatic rings. The van der Waals surface area contributed by atoms with Crippen LogP contribution in [0.3, 0.4) is 0 Å². The minimum atomic E-state index is -0.295. The largest absolute Gasteiger partial charge is 0.489 e. The lowest BCUT2D eigenvalue weighted by Gasteiger charge is -2.09. The molecule has 4 heteroatoms. The summed E-state index contributed by atoms with van der Waals surface area (Å²) < 4.78 is 11.5. The number of benzene rings is 4. The van der Waals surface area contributed by atoms with E-state index in [1.165, 1.54) is 11.1 Å². The minimum absolute atomic E-state index is 0.295. The van der Waals surface area contributed by atoms with Gasteiger partial charge in [0.1, 0.15) is 24.7 Å². The molecular weight excluding hydrogens is 520 g/mol. The maximum absolute atomic E-state index is 9.68. The number of aliphatic hydroxyl groups excluding tert-OH is 2. The second kappa shape index (κ2) is 19.1. The van der Waals surface area contributed by atoms with Gasteiger partial charge in [-0.25, -0.2) is 0 Å². The SMILES string of the molecule is C=CC[C@@H](O)CCc1ccc(OCc2ccccc2)cc1.C=CC[C@H](O)CCc1ccc(OCc2ccccc2)cc1. The van der Waals surface area contributed by atoms with E-state index in [0.29, 0.717) is 26.1 Å². The Hall–Kier alpha value is -4.12. The molecule has 0 saturated heterocycles. The Morgan fingerprint density at radius 3 is 1.19 bits per heavy atom. The quantitative estimate of drug-likeness (QED) is 0.135. The number of hydrogen-bond donors (Lipinski definition) is 2. The molecule has 0 bridgehead atoms. The van der Waals surface area contributed by atoms with Gasteiger partial charge in [0.15, 0.2) is 0 Å². The van der Waals surface area contributed by atoms with Crippen LogP contribution in [0, 0.1) is 0 Å². The van der Waals surface area contributed by atoms with Gasteiger partial charge in [0.2, 0.25) is 0 Å². The van der Waals surface area contributed by atoms with Gasteiger partial charge in [-0.3, -0.25) is 0 Å². The highest BCUT2D eigenvalue weighted by atomic mass is 16.5. The molecule has 0 aliphatic heterocycles. The monoisotopic (exact) mass is 564 g/mol. The van der Waals surface area contributed by atoms with Crippen LogP contribution in [0.1, 0.15) is 47.9 Å². The molecule has 0 saturated carbocycles. The molecular formula is C38H44O4. The molecule has 0 heterocycles. The van der Waals surface area contributed by atoms with E-state index in [-0.39, 0.29) is 12.2 Å². The molecule has 2 N–H and O–H groups in total. The molecule has 2 atom stereocenters. The Balaban J connectivity index is 0.000000230. The van der Waals surface area contributed by atoms with Crippen LogP contribution in [0.4, 0.5) is 0 Å². The van der Waals surface area contributed by atoms with Crippen LogP contribution in [0.5, 0.6) is 11.5 Å². The van der Waals surface area contributed by atoms with Gasteiger partial charge in [-0.15, -0.1) is 13.2 Å². The van der Waals surface area contributed by atoms with E-state index >= 15 is 0 Å². The van der Waals surface area contributed by atoms with E-state index in [9.17, 15) is 10.2 Å². The second-order valence-electron chi connectivity index (χ2n) is 10.3. The predicted molar refractivity (Wildman–Crippen MR) is 173 cm³/mol. The fraction of sp³-hybridized carbons (Fsp3) is 0.263. The third kappa shape index (κ3) is 13.0. The summed E-state index contributed by atoms with van der Waals surface area (Å²) >= 11 is 0. The molecule has 4 aromatic carbocycles. The Kier molecular flexibility index (Phi) is 14.7. The van der Waals surface area contributed by atoms with Gasteiger partial charge in [0, 0.05) is 0 Å². The number of rotatable bonds is 16. The van der Waals surface area contributed by atoms with E-state index in [2.05, 4.69) is 61.7 Å². The first-order valence-electron chi connectivity index (χ1n) is 14.6. The summed E-state index contributed by atoms with van der Waals surface area (Å²) in [4.78, 5) is 0. The van der Waals surface area contributed by atoms with Crippen molar-refractivity contribution in [3.63, 3.8) is 0 Å². The first-order valence-corrected chi connectivity index (χ1v) is 14.6. The van der Waals surface area contributed by atoms with Crippen LogP contribution in [0.25, 0.3) is 0 Å². The van der Waals surface area contributed by atoms with Crippen molar-refractivity contribution >= 4 is 0 Å². The second-order valence-corrected chi connectivity index (χ2v) is 10.3. The molecule has 4 rings (SSSR count). The Morgan fingerprint density at radius 1 is 0.500 bits per heavy atom. The summed E-state index contributed by atoms with van der Waals surface area (Å²) in [5, 5.41) is 19.4. The minimum Gasteiger partial charge on any atom is -0.489 e. The zero-order valence-electron chi connectivity index (χ0n) is 24.5. The molecule has 4 nitrogen and oxygen atoms in total. The van der Waals surface area contributed by atoms with Crippen molar-refractivity contribution in [2.45, 2.75) is 63.9 Å². The molecule has 0 aliphatic rings. The fourth-order valence-electron chi connectivity index (χ4n) is 4.27. The lowest BCUT2D eigenvalue weighted by molar-refractivity contribution is 0.168. The van der Waals surface area contributed by atoms with Crippen molar-refractivity contribution in [1.82, 2.24) is 0 Å². The van der Waals surface area contributed by atoms with Crippen LogP contribution < -0.4 is 9.47 Å². The normalized spacial score (nSPS) is 11.9. The summed E-state index contributed by atoms with van der Waals surface area (Å²) in [6, 6.07) is 36.4. The van der Waals surface area contributed by atoms with E-state index < -0.39 is 0 Å². The lowest BCUT2D eigenvalue weighted by atomic mass is 10.1. The molecule has 0 radical (unpaired) electrons. The first-order chi connectivity index (χ1) is 20.6. The predicted octanol–water partition coefficient (Wildman–Crippen LogP) is 8.27.